The lowest BCUT2D eigenvalue weighted by Gasteiger charge is -2.35. The van der Waals surface area contributed by atoms with Crippen LogP contribution in [-0.4, -0.2) is 43.2 Å². The van der Waals surface area contributed by atoms with Crippen LogP contribution in [0.15, 0.2) is 59.3 Å². The highest BCUT2D eigenvalue weighted by Crippen LogP contribution is 2.40. The van der Waals surface area contributed by atoms with Crippen LogP contribution in [0, 0.1) is 0 Å². The van der Waals surface area contributed by atoms with Crippen LogP contribution in [0.5, 0.6) is 0 Å². The second-order valence-electron chi connectivity index (χ2n) is 8.83. The Kier molecular flexibility index (Phi) is 8.45. The molecular formula is C27H27BrCl2N2O4. The van der Waals surface area contributed by atoms with E-state index >= 15 is 0 Å². The number of nitrogens with zero attached hydrogens (tertiary/aromatic N) is 1. The van der Waals surface area contributed by atoms with Crippen molar-refractivity contribution in [3.05, 3.63) is 91.6 Å². The Labute approximate surface area is 229 Å². The molecule has 2 aliphatic heterocycles. The molecule has 2 aromatic carbocycles. The van der Waals surface area contributed by atoms with Gasteiger partial charge in [0.2, 0.25) is 0 Å². The predicted molar refractivity (Wildman–Crippen MR) is 144 cm³/mol. The van der Waals surface area contributed by atoms with E-state index in [2.05, 4.69) is 21.2 Å². The number of hydrogen-bond acceptors (Lipinski definition) is 5. The van der Waals surface area contributed by atoms with E-state index in [0.29, 0.717) is 47.8 Å². The number of esters is 1. The number of allylic oxidation sites excluding steroid dienone is 3. The normalized spacial score (nSPS) is 18.4. The Morgan fingerprint density at radius 3 is 2.67 bits per heavy atom. The van der Waals surface area contributed by atoms with Crippen LogP contribution in [0.4, 0.5) is 0 Å². The van der Waals surface area contributed by atoms with Crippen molar-refractivity contribution in [3.8, 4) is 0 Å². The Bertz CT molecular complexity index is 1250. The third-order valence-electron chi connectivity index (χ3n) is 6.39. The average molecular weight is 594 g/mol. The fourth-order valence-corrected chi connectivity index (χ4v) is 5.84. The monoisotopic (exact) mass is 592 g/mol. The number of halogens is 3. The van der Waals surface area contributed by atoms with Crippen LogP contribution in [0.25, 0.3) is 0 Å². The predicted octanol–water partition coefficient (Wildman–Crippen LogP) is 5.97. The smallest absolute Gasteiger partial charge is 0.324 e. The van der Waals surface area contributed by atoms with Gasteiger partial charge in [-0.1, -0.05) is 69.5 Å². The van der Waals surface area contributed by atoms with E-state index < -0.39 is 10.8 Å². The number of benzene rings is 2. The van der Waals surface area contributed by atoms with Gasteiger partial charge in [0.15, 0.2) is 6.23 Å². The molecule has 0 bridgehead atoms. The van der Waals surface area contributed by atoms with Crippen molar-refractivity contribution in [2.45, 2.75) is 37.9 Å². The van der Waals surface area contributed by atoms with Gasteiger partial charge in [0.25, 0.3) is 5.91 Å². The summed E-state index contributed by atoms with van der Waals surface area (Å²) in [5.74, 6) is -0.759. The molecule has 0 aromatic heterocycles. The number of carbonyl (C=O) groups excluding carboxylic acids is 2. The maximum Gasteiger partial charge on any atom is 0.324 e. The molecule has 36 heavy (non-hydrogen) atoms. The molecule has 2 unspecified atom stereocenters. The minimum absolute atomic E-state index is 0.205. The standard InChI is InChI=1S/C27H27BrCl2N2O4/c1-15-11-16(2)31-25(36-14-17-7-5-4-6-8-17)20(15)13-32-10-9-18-21(29)12-19(23(28)27(34)35-3)24(30)22(18)26(32)33/h4-8,11-12,23,25,31H,9-10,13-14H2,1-3H3. The van der Waals surface area contributed by atoms with Gasteiger partial charge in [-0.15, -0.1) is 0 Å². The lowest BCUT2D eigenvalue weighted by molar-refractivity contribution is -0.139. The van der Waals surface area contributed by atoms with Crippen LogP contribution in [0.1, 0.15) is 45.7 Å². The van der Waals surface area contributed by atoms with E-state index in [1.54, 1.807) is 11.0 Å². The number of fused-ring (bicyclic) bond motifs is 1. The maximum atomic E-state index is 13.7. The zero-order valence-electron chi connectivity index (χ0n) is 20.2. The van der Waals surface area contributed by atoms with Gasteiger partial charge in [-0.25, -0.2) is 0 Å². The molecule has 2 heterocycles. The number of carbonyl (C=O) groups is 2. The van der Waals surface area contributed by atoms with Gasteiger partial charge < -0.3 is 19.7 Å². The third-order valence-corrected chi connectivity index (χ3v) is 8.01. The SMILES string of the molecule is COC(=O)C(Br)c1cc(Cl)c2c(c1Cl)C(=O)N(CC1=C(C)C=C(C)NC1OCc1ccccc1)CC2. The van der Waals surface area contributed by atoms with E-state index in [4.69, 9.17) is 32.7 Å². The number of methoxy groups -OCH3 is 1. The molecule has 2 aliphatic rings. The molecule has 0 saturated carbocycles. The Hall–Kier alpha value is -2.32. The summed E-state index contributed by atoms with van der Waals surface area (Å²) in [6.07, 6.45) is 2.23. The number of amides is 1. The van der Waals surface area contributed by atoms with Crippen LogP contribution in [-0.2, 0) is 27.3 Å². The zero-order valence-corrected chi connectivity index (χ0v) is 23.3. The molecular weight excluding hydrogens is 567 g/mol. The molecule has 2 aromatic rings. The zero-order chi connectivity index (χ0) is 26.0. The van der Waals surface area contributed by atoms with Crippen molar-refractivity contribution in [1.29, 1.82) is 0 Å². The van der Waals surface area contributed by atoms with Crippen molar-refractivity contribution in [1.82, 2.24) is 10.2 Å². The highest BCUT2D eigenvalue weighted by molar-refractivity contribution is 9.09. The van der Waals surface area contributed by atoms with Gasteiger partial charge in [-0.05, 0) is 54.7 Å². The molecule has 0 spiro atoms. The molecule has 1 N–H and O–H groups in total. The molecule has 0 radical (unpaired) electrons. The van der Waals surface area contributed by atoms with Crippen LogP contribution in [0.3, 0.4) is 0 Å². The first-order valence-electron chi connectivity index (χ1n) is 11.5. The molecule has 6 nitrogen and oxygen atoms in total. The molecule has 1 amide bonds. The minimum Gasteiger partial charge on any atom is -0.468 e. The molecule has 4 rings (SSSR count). The molecule has 2 atom stereocenters. The Morgan fingerprint density at radius 1 is 1.25 bits per heavy atom. The van der Waals surface area contributed by atoms with E-state index in [-0.39, 0.29) is 17.2 Å². The topological polar surface area (TPSA) is 67.9 Å². The molecule has 190 valence electrons. The van der Waals surface area contributed by atoms with Gasteiger partial charge in [0.1, 0.15) is 4.83 Å². The minimum atomic E-state index is -0.836. The van der Waals surface area contributed by atoms with Gasteiger partial charge >= 0.3 is 5.97 Å². The number of hydrogen-bond donors (Lipinski definition) is 1. The lowest BCUT2D eigenvalue weighted by atomic mass is 9.94. The summed E-state index contributed by atoms with van der Waals surface area (Å²) in [7, 11) is 1.29. The number of alkyl halides is 1. The van der Waals surface area contributed by atoms with Crippen molar-refractivity contribution in [3.63, 3.8) is 0 Å². The highest BCUT2D eigenvalue weighted by atomic mass is 79.9. The van der Waals surface area contributed by atoms with E-state index in [1.165, 1.54) is 7.11 Å². The van der Waals surface area contributed by atoms with Crippen LogP contribution >= 0.6 is 39.1 Å². The first-order chi connectivity index (χ1) is 17.2. The summed E-state index contributed by atoms with van der Waals surface area (Å²) in [4.78, 5) is 26.7. The van der Waals surface area contributed by atoms with Crippen molar-refractivity contribution in [2.75, 3.05) is 20.2 Å². The van der Waals surface area contributed by atoms with Crippen molar-refractivity contribution in [2.24, 2.45) is 0 Å². The summed E-state index contributed by atoms with van der Waals surface area (Å²) >= 11 is 16.5. The molecule has 0 saturated heterocycles. The first kappa shape index (κ1) is 26.7. The van der Waals surface area contributed by atoms with Crippen LogP contribution < -0.4 is 5.32 Å². The van der Waals surface area contributed by atoms with Gasteiger partial charge in [-0.2, -0.15) is 0 Å². The summed E-state index contributed by atoms with van der Waals surface area (Å²) in [6.45, 7) is 5.30. The Morgan fingerprint density at radius 2 is 1.97 bits per heavy atom. The molecule has 0 fully saturated rings. The summed E-state index contributed by atoms with van der Waals surface area (Å²) in [5, 5.41) is 4.00. The van der Waals surface area contributed by atoms with E-state index in [1.807, 2.05) is 50.3 Å². The summed E-state index contributed by atoms with van der Waals surface area (Å²) in [6, 6.07) is 11.6. The highest BCUT2D eigenvalue weighted by Gasteiger charge is 2.34. The number of rotatable bonds is 7. The summed E-state index contributed by atoms with van der Waals surface area (Å²) in [5.41, 5.74) is 5.50. The second-order valence-corrected chi connectivity index (χ2v) is 10.5. The average Bonchev–Trinajstić information content (AvgIpc) is 2.87. The van der Waals surface area contributed by atoms with Crippen molar-refractivity contribution >= 4 is 51.0 Å². The maximum absolute atomic E-state index is 13.7. The number of dihydropyridines is 1. The fourth-order valence-electron chi connectivity index (χ4n) is 4.49. The van der Waals surface area contributed by atoms with Crippen LogP contribution in [0.2, 0.25) is 10.0 Å². The second kappa shape index (κ2) is 11.4. The third kappa shape index (κ3) is 5.49. The van der Waals surface area contributed by atoms with E-state index in [0.717, 1.165) is 22.4 Å². The Balaban J connectivity index is 1.61. The quantitative estimate of drug-likeness (QED) is 0.317. The lowest BCUT2D eigenvalue weighted by Crippen LogP contribution is -2.44. The summed E-state index contributed by atoms with van der Waals surface area (Å²) < 4.78 is 11.1. The van der Waals surface area contributed by atoms with Gasteiger partial charge in [-0.3, -0.25) is 9.59 Å². The van der Waals surface area contributed by atoms with Gasteiger partial charge in [0, 0.05) is 29.4 Å². The van der Waals surface area contributed by atoms with Crippen molar-refractivity contribution < 1.29 is 19.1 Å². The fraction of sp³-hybridized carbons (Fsp3) is 0.333. The number of ether oxygens (including phenoxy) is 2. The van der Waals surface area contributed by atoms with E-state index in [9.17, 15) is 9.59 Å². The number of nitrogens with one attached hydrogen (secondary N) is 1. The first-order valence-corrected chi connectivity index (χ1v) is 13.2. The molecule has 9 heteroatoms. The van der Waals surface area contributed by atoms with Gasteiger partial charge in [0.05, 0.1) is 24.3 Å². The molecule has 0 aliphatic carbocycles. The largest absolute Gasteiger partial charge is 0.468 e.